The largest absolute Gasteiger partial charge is 0.338 e. The molecule has 1 atom stereocenters. The molecule has 4 heteroatoms. The molecule has 2 aromatic rings. The standard InChI is InChI=1S/C20H27N3O/c1-14-11-16(3)21-17(12-14)13-23(6)20(24)19(22(4)5)18-10-8-7-9-15(18)2/h7-12,19H,13H2,1-6H3/t19-/m1/s1. The molecule has 0 aliphatic heterocycles. The van der Waals surface area contributed by atoms with Crippen molar-refractivity contribution in [2.45, 2.75) is 33.4 Å². The molecule has 0 saturated heterocycles. The number of likely N-dealkylation sites (N-methyl/N-ethyl adjacent to an activating group) is 2. The first-order valence-corrected chi connectivity index (χ1v) is 8.20. The van der Waals surface area contributed by atoms with Gasteiger partial charge in [-0.25, -0.2) is 0 Å². The van der Waals surface area contributed by atoms with E-state index in [1.165, 1.54) is 5.56 Å². The number of pyridine rings is 1. The van der Waals surface area contributed by atoms with Crippen LogP contribution >= 0.6 is 0 Å². The van der Waals surface area contributed by atoms with Gasteiger partial charge in [-0.3, -0.25) is 14.7 Å². The molecular formula is C20H27N3O. The molecular weight excluding hydrogens is 298 g/mol. The first-order chi connectivity index (χ1) is 11.3. The maximum atomic E-state index is 13.1. The van der Waals surface area contributed by atoms with E-state index in [9.17, 15) is 4.79 Å². The second-order valence-corrected chi connectivity index (χ2v) is 6.69. The predicted molar refractivity (Wildman–Crippen MR) is 97.8 cm³/mol. The molecule has 0 N–H and O–H groups in total. The number of hydrogen-bond donors (Lipinski definition) is 0. The van der Waals surface area contributed by atoms with Gasteiger partial charge in [-0.2, -0.15) is 0 Å². The van der Waals surface area contributed by atoms with Crippen LogP contribution < -0.4 is 0 Å². The van der Waals surface area contributed by atoms with Crippen molar-refractivity contribution in [2.75, 3.05) is 21.1 Å². The lowest BCUT2D eigenvalue weighted by atomic mass is 9.99. The predicted octanol–water partition coefficient (Wildman–Crippen LogP) is 3.27. The van der Waals surface area contributed by atoms with Crippen molar-refractivity contribution in [3.05, 3.63) is 64.5 Å². The van der Waals surface area contributed by atoms with Crippen molar-refractivity contribution < 1.29 is 4.79 Å². The van der Waals surface area contributed by atoms with Crippen molar-refractivity contribution in [1.29, 1.82) is 0 Å². The number of rotatable bonds is 5. The lowest BCUT2D eigenvalue weighted by Crippen LogP contribution is -2.38. The van der Waals surface area contributed by atoms with E-state index in [-0.39, 0.29) is 11.9 Å². The molecule has 0 spiro atoms. The van der Waals surface area contributed by atoms with Gasteiger partial charge in [0.05, 0.1) is 12.2 Å². The molecule has 0 unspecified atom stereocenters. The van der Waals surface area contributed by atoms with E-state index in [4.69, 9.17) is 0 Å². The topological polar surface area (TPSA) is 36.4 Å². The third kappa shape index (κ3) is 4.20. The van der Waals surface area contributed by atoms with Gasteiger partial charge in [0.25, 0.3) is 0 Å². The second-order valence-electron chi connectivity index (χ2n) is 6.69. The highest BCUT2D eigenvalue weighted by molar-refractivity contribution is 5.83. The Morgan fingerprint density at radius 2 is 1.75 bits per heavy atom. The van der Waals surface area contributed by atoms with Crippen LogP contribution in [-0.4, -0.2) is 41.8 Å². The summed E-state index contributed by atoms with van der Waals surface area (Å²) in [6.07, 6.45) is 0. The summed E-state index contributed by atoms with van der Waals surface area (Å²) in [6, 6.07) is 11.8. The number of carbonyl (C=O) groups excluding carboxylic acids is 1. The van der Waals surface area contributed by atoms with Crippen LogP contribution in [0.1, 0.15) is 34.1 Å². The minimum Gasteiger partial charge on any atom is -0.338 e. The lowest BCUT2D eigenvalue weighted by Gasteiger charge is -2.29. The molecule has 1 heterocycles. The van der Waals surface area contributed by atoms with Gasteiger partial charge in [-0.1, -0.05) is 24.3 Å². The number of amides is 1. The molecule has 2 rings (SSSR count). The molecule has 0 aliphatic carbocycles. The monoisotopic (exact) mass is 325 g/mol. The van der Waals surface area contributed by atoms with Crippen LogP contribution in [0.2, 0.25) is 0 Å². The smallest absolute Gasteiger partial charge is 0.244 e. The van der Waals surface area contributed by atoms with Crippen LogP contribution in [0, 0.1) is 20.8 Å². The Labute approximate surface area is 145 Å². The molecule has 128 valence electrons. The Morgan fingerprint density at radius 3 is 2.33 bits per heavy atom. The maximum absolute atomic E-state index is 13.1. The number of nitrogens with zero attached hydrogens (tertiary/aromatic N) is 3. The van der Waals surface area contributed by atoms with Crippen LogP contribution in [0.15, 0.2) is 36.4 Å². The van der Waals surface area contributed by atoms with Crippen molar-refractivity contribution in [1.82, 2.24) is 14.8 Å². The molecule has 24 heavy (non-hydrogen) atoms. The number of benzene rings is 1. The summed E-state index contributed by atoms with van der Waals surface area (Å²) in [5.74, 6) is 0.0789. The Kier molecular flexibility index (Phi) is 5.73. The third-order valence-electron chi connectivity index (χ3n) is 4.16. The van der Waals surface area contributed by atoms with E-state index in [0.29, 0.717) is 6.54 Å². The highest BCUT2D eigenvalue weighted by atomic mass is 16.2. The number of hydrogen-bond acceptors (Lipinski definition) is 3. The normalized spacial score (nSPS) is 12.3. The maximum Gasteiger partial charge on any atom is 0.244 e. The van der Waals surface area contributed by atoms with Gasteiger partial charge in [0.2, 0.25) is 5.91 Å². The molecule has 0 bridgehead atoms. The van der Waals surface area contributed by atoms with E-state index >= 15 is 0 Å². The van der Waals surface area contributed by atoms with E-state index in [2.05, 4.69) is 11.9 Å². The molecule has 1 aromatic heterocycles. The molecule has 4 nitrogen and oxygen atoms in total. The zero-order chi connectivity index (χ0) is 17.9. The second kappa shape index (κ2) is 7.58. The molecule has 0 aliphatic rings. The number of aromatic nitrogens is 1. The first-order valence-electron chi connectivity index (χ1n) is 8.20. The van der Waals surface area contributed by atoms with Crippen molar-refractivity contribution in [2.24, 2.45) is 0 Å². The van der Waals surface area contributed by atoms with Crippen molar-refractivity contribution >= 4 is 5.91 Å². The summed E-state index contributed by atoms with van der Waals surface area (Å²) >= 11 is 0. The Hall–Kier alpha value is -2.20. The van der Waals surface area contributed by atoms with E-state index in [1.54, 1.807) is 4.90 Å². The minimum absolute atomic E-state index is 0.0789. The summed E-state index contributed by atoms with van der Waals surface area (Å²) in [4.78, 5) is 21.3. The molecule has 1 aromatic carbocycles. The zero-order valence-electron chi connectivity index (χ0n) is 15.5. The summed E-state index contributed by atoms with van der Waals surface area (Å²) in [6.45, 7) is 6.59. The summed E-state index contributed by atoms with van der Waals surface area (Å²) in [5.41, 5.74) is 5.25. The fourth-order valence-electron chi connectivity index (χ4n) is 3.06. The lowest BCUT2D eigenvalue weighted by molar-refractivity contribution is -0.135. The third-order valence-corrected chi connectivity index (χ3v) is 4.16. The first kappa shape index (κ1) is 18.1. The van der Waals surface area contributed by atoms with Crippen LogP contribution in [-0.2, 0) is 11.3 Å². The number of carbonyl (C=O) groups is 1. The van der Waals surface area contributed by atoms with E-state index < -0.39 is 0 Å². The van der Waals surface area contributed by atoms with Gasteiger partial charge < -0.3 is 4.90 Å². The summed E-state index contributed by atoms with van der Waals surface area (Å²) < 4.78 is 0. The van der Waals surface area contributed by atoms with Crippen LogP contribution in [0.3, 0.4) is 0 Å². The van der Waals surface area contributed by atoms with Gasteiger partial charge in [-0.15, -0.1) is 0 Å². The van der Waals surface area contributed by atoms with Gasteiger partial charge >= 0.3 is 0 Å². The Bertz CT molecular complexity index is 704. The highest BCUT2D eigenvalue weighted by Gasteiger charge is 2.27. The SMILES string of the molecule is Cc1cc(C)nc(CN(C)C(=O)[C@@H](c2ccccc2C)N(C)C)c1. The van der Waals surface area contributed by atoms with Gasteiger partial charge in [-0.05, 0) is 63.7 Å². The van der Waals surface area contributed by atoms with Crippen LogP contribution in [0.4, 0.5) is 0 Å². The average Bonchev–Trinajstić information content (AvgIpc) is 2.47. The van der Waals surface area contributed by atoms with Gasteiger partial charge in [0.15, 0.2) is 0 Å². The van der Waals surface area contributed by atoms with Crippen molar-refractivity contribution in [3.8, 4) is 0 Å². The fraction of sp³-hybridized carbons (Fsp3) is 0.400. The highest BCUT2D eigenvalue weighted by Crippen LogP contribution is 2.24. The Morgan fingerprint density at radius 1 is 1.08 bits per heavy atom. The van der Waals surface area contributed by atoms with E-state index in [0.717, 1.165) is 22.5 Å². The van der Waals surface area contributed by atoms with E-state index in [1.807, 2.05) is 76.3 Å². The molecule has 0 fully saturated rings. The average molecular weight is 325 g/mol. The van der Waals surface area contributed by atoms with Crippen molar-refractivity contribution in [3.63, 3.8) is 0 Å². The minimum atomic E-state index is -0.290. The van der Waals surface area contributed by atoms with Gasteiger partial charge in [0.1, 0.15) is 6.04 Å². The number of aryl methyl sites for hydroxylation is 3. The molecule has 0 saturated carbocycles. The summed E-state index contributed by atoms with van der Waals surface area (Å²) in [7, 11) is 5.73. The zero-order valence-corrected chi connectivity index (χ0v) is 15.5. The van der Waals surface area contributed by atoms with Crippen LogP contribution in [0.5, 0.6) is 0 Å². The van der Waals surface area contributed by atoms with Gasteiger partial charge in [0, 0.05) is 12.7 Å². The quantitative estimate of drug-likeness (QED) is 0.846. The summed E-state index contributed by atoms with van der Waals surface area (Å²) in [5, 5.41) is 0. The fourth-order valence-corrected chi connectivity index (χ4v) is 3.06. The Balaban J connectivity index is 2.25. The van der Waals surface area contributed by atoms with Crippen LogP contribution in [0.25, 0.3) is 0 Å². The molecule has 1 amide bonds. The molecule has 0 radical (unpaired) electrons.